The molecule has 21 heavy (non-hydrogen) atoms. The van der Waals surface area contributed by atoms with E-state index in [0.29, 0.717) is 18.9 Å². The van der Waals surface area contributed by atoms with E-state index in [4.69, 9.17) is 9.47 Å². The summed E-state index contributed by atoms with van der Waals surface area (Å²) in [4.78, 5) is 0. The zero-order chi connectivity index (χ0) is 15.1. The van der Waals surface area contributed by atoms with E-state index in [-0.39, 0.29) is 5.75 Å². The van der Waals surface area contributed by atoms with Gasteiger partial charge in [0.15, 0.2) is 0 Å². The third kappa shape index (κ3) is 4.31. The Labute approximate surface area is 125 Å². The normalized spacial score (nSPS) is 10.2. The van der Waals surface area contributed by atoms with Crippen LogP contribution in [0.2, 0.25) is 0 Å². The predicted octanol–water partition coefficient (Wildman–Crippen LogP) is 3.80. The zero-order valence-electron chi connectivity index (χ0n) is 12.4. The van der Waals surface area contributed by atoms with Gasteiger partial charge in [0.2, 0.25) is 0 Å². The van der Waals surface area contributed by atoms with Crippen molar-refractivity contribution in [2.75, 3.05) is 19.0 Å². The highest BCUT2D eigenvalue weighted by molar-refractivity contribution is 5.50. The predicted molar refractivity (Wildman–Crippen MR) is 84.2 cm³/mol. The summed E-state index contributed by atoms with van der Waals surface area (Å²) in [5, 5.41) is 13.2. The molecule has 0 heterocycles. The van der Waals surface area contributed by atoms with Crippen LogP contribution in [-0.4, -0.2) is 18.8 Å². The summed E-state index contributed by atoms with van der Waals surface area (Å²) in [5.74, 6) is 1.72. The van der Waals surface area contributed by atoms with Gasteiger partial charge in [0, 0.05) is 29.9 Å². The van der Waals surface area contributed by atoms with Crippen molar-refractivity contribution in [1.82, 2.24) is 0 Å². The van der Waals surface area contributed by atoms with E-state index in [9.17, 15) is 5.11 Å². The Morgan fingerprint density at radius 1 is 1.10 bits per heavy atom. The molecule has 0 amide bonds. The number of methoxy groups -OCH3 is 1. The lowest BCUT2D eigenvalue weighted by Gasteiger charge is -2.11. The Bertz CT molecular complexity index is 584. The lowest BCUT2D eigenvalue weighted by molar-refractivity contribution is 0.317. The van der Waals surface area contributed by atoms with Gasteiger partial charge in [-0.15, -0.1) is 0 Å². The second-order valence-corrected chi connectivity index (χ2v) is 4.72. The maximum absolute atomic E-state index is 9.93. The summed E-state index contributed by atoms with van der Waals surface area (Å²) >= 11 is 0. The van der Waals surface area contributed by atoms with Crippen molar-refractivity contribution in [3.63, 3.8) is 0 Å². The zero-order valence-corrected chi connectivity index (χ0v) is 12.4. The molecule has 2 aromatic carbocycles. The van der Waals surface area contributed by atoms with Crippen LogP contribution >= 0.6 is 0 Å². The molecule has 4 heteroatoms. The first kappa shape index (κ1) is 15.0. The SMILES string of the molecule is CCCOc1cccc(NCc2ccc(OC)cc2O)c1. The summed E-state index contributed by atoms with van der Waals surface area (Å²) in [6.45, 7) is 3.32. The van der Waals surface area contributed by atoms with E-state index in [0.717, 1.165) is 23.4 Å². The van der Waals surface area contributed by atoms with E-state index >= 15 is 0 Å². The fourth-order valence-electron chi connectivity index (χ4n) is 1.93. The monoisotopic (exact) mass is 287 g/mol. The number of benzene rings is 2. The van der Waals surface area contributed by atoms with Crippen LogP contribution in [0.5, 0.6) is 17.2 Å². The molecule has 0 aliphatic rings. The molecule has 0 fully saturated rings. The smallest absolute Gasteiger partial charge is 0.124 e. The molecule has 0 saturated heterocycles. The summed E-state index contributed by atoms with van der Waals surface area (Å²) < 4.78 is 10.7. The Hall–Kier alpha value is -2.36. The van der Waals surface area contributed by atoms with Gasteiger partial charge in [0.25, 0.3) is 0 Å². The Kier molecular flexibility index (Phi) is 5.32. The molecule has 0 radical (unpaired) electrons. The molecular weight excluding hydrogens is 266 g/mol. The van der Waals surface area contributed by atoms with E-state index < -0.39 is 0 Å². The molecule has 0 aromatic heterocycles. The first-order valence-electron chi connectivity index (χ1n) is 7.05. The van der Waals surface area contributed by atoms with Crippen LogP contribution in [0.4, 0.5) is 5.69 Å². The summed E-state index contributed by atoms with van der Waals surface area (Å²) in [6.07, 6.45) is 0.984. The highest BCUT2D eigenvalue weighted by Gasteiger charge is 2.03. The van der Waals surface area contributed by atoms with Gasteiger partial charge in [-0.1, -0.05) is 13.0 Å². The fourth-order valence-corrected chi connectivity index (χ4v) is 1.93. The van der Waals surface area contributed by atoms with E-state index in [1.807, 2.05) is 36.4 Å². The molecule has 4 nitrogen and oxygen atoms in total. The molecule has 0 aliphatic heterocycles. The van der Waals surface area contributed by atoms with Gasteiger partial charge in [-0.25, -0.2) is 0 Å². The Balaban J connectivity index is 1.99. The van der Waals surface area contributed by atoms with Gasteiger partial charge in [-0.2, -0.15) is 0 Å². The molecule has 112 valence electrons. The van der Waals surface area contributed by atoms with Gasteiger partial charge in [0.05, 0.1) is 13.7 Å². The molecule has 0 saturated carbocycles. The van der Waals surface area contributed by atoms with Crippen LogP contribution in [0.15, 0.2) is 42.5 Å². The lowest BCUT2D eigenvalue weighted by Crippen LogP contribution is -2.01. The Morgan fingerprint density at radius 3 is 2.67 bits per heavy atom. The quantitative estimate of drug-likeness (QED) is 0.813. The summed E-state index contributed by atoms with van der Waals surface area (Å²) in [5.41, 5.74) is 1.77. The summed E-state index contributed by atoms with van der Waals surface area (Å²) in [6, 6.07) is 13.1. The van der Waals surface area contributed by atoms with Gasteiger partial charge in [0.1, 0.15) is 17.2 Å². The highest BCUT2D eigenvalue weighted by Crippen LogP contribution is 2.25. The molecular formula is C17H21NO3. The fraction of sp³-hybridized carbons (Fsp3) is 0.294. The molecule has 2 aromatic rings. The average Bonchev–Trinajstić information content (AvgIpc) is 2.52. The average molecular weight is 287 g/mol. The van der Waals surface area contributed by atoms with Crippen LogP contribution < -0.4 is 14.8 Å². The van der Waals surface area contributed by atoms with Gasteiger partial charge in [-0.3, -0.25) is 0 Å². The van der Waals surface area contributed by atoms with Crippen molar-refractivity contribution >= 4 is 5.69 Å². The third-order valence-corrected chi connectivity index (χ3v) is 3.08. The molecule has 0 bridgehead atoms. The topological polar surface area (TPSA) is 50.7 Å². The number of nitrogens with one attached hydrogen (secondary N) is 1. The van der Waals surface area contributed by atoms with Crippen molar-refractivity contribution in [3.8, 4) is 17.2 Å². The van der Waals surface area contributed by atoms with Crippen molar-refractivity contribution in [1.29, 1.82) is 0 Å². The standard InChI is InChI=1S/C17H21NO3/c1-3-9-21-16-6-4-5-14(10-16)18-12-13-7-8-15(20-2)11-17(13)19/h4-8,10-11,18-19H,3,9,12H2,1-2H3. The second kappa shape index (κ2) is 7.43. The van der Waals surface area contributed by atoms with Crippen LogP contribution in [-0.2, 0) is 6.54 Å². The van der Waals surface area contributed by atoms with E-state index in [1.54, 1.807) is 13.2 Å². The maximum atomic E-state index is 9.93. The number of phenols is 1. The minimum atomic E-state index is 0.222. The molecule has 0 unspecified atom stereocenters. The molecule has 2 N–H and O–H groups in total. The summed E-state index contributed by atoms with van der Waals surface area (Å²) in [7, 11) is 1.58. The van der Waals surface area contributed by atoms with Crippen LogP contribution in [0, 0.1) is 0 Å². The second-order valence-electron chi connectivity index (χ2n) is 4.72. The van der Waals surface area contributed by atoms with Crippen LogP contribution in [0.3, 0.4) is 0 Å². The van der Waals surface area contributed by atoms with Crippen molar-refractivity contribution in [2.24, 2.45) is 0 Å². The number of aromatic hydroxyl groups is 1. The molecule has 2 rings (SSSR count). The number of ether oxygens (including phenoxy) is 2. The number of rotatable bonds is 7. The minimum Gasteiger partial charge on any atom is -0.507 e. The van der Waals surface area contributed by atoms with Crippen molar-refractivity contribution in [3.05, 3.63) is 48.0 Å². The maximum Gasteiger partial charge on any atom is 0.124 e. The number of phenolic OH excluding ortho intramolecular Hbond substituents is 1. The van der Waals surface area contributed by atoms with E-state index in [1.165, 1.54) is 0 Å². The largest absolute Gasteiger partial charge is 0.507 e. The van der Waals surface area contributed by atoms with Crippen LogP contribution in [0.1, 0.15) is 18.9 Å². The number of hydrogen-bond acceptors (Lipinski definition) is 4. The lowest BCUT2D eigenvalue weighted by atomic mass is 10.2. The van der Waals surface area contributed by atoms with E-state index in [2.05, 4.69) is 12.2 Å². The molecule has 0 aliphatic carbocycles. The number of anilines is 1. The minimum absolute atomic E-state index is 0.222. The van der Waals surface area contributed by atoms with Crippen molar-refractivity contribution in [2.45, 2.75) is 19.9 Å². The van der Waals surface area contributed by atoms with Crippen molar-refractivity contribution < 1.29 is 14.6 Å². The van der Waals surface area contributed by atoms with Gasteiger partial charge >= 0.3 is 0 Å². The third-order valence-electron chi connectivity index (χ3n) is 3.08. The first-order valence-corrected chi connectivity index (χ1v) is 7.05. The van der Waals surface area contributed by atoms with Gasteiger partial charge < -0.3 is 19.9 Å². The number of hydrogen-bond donors (Lipinski definition) is 2. The highest BCUT2D eigenvalue weighted by atomic mass is 16.5. The molecule has 0 atom stereocenters. The van der Waals surface area contributed by atoms with Gasteiger partial charge in [-0.05, 0) is 30.7 Å². The van der Waals surface area contributed by atoms with Crippen LogP contribution in [0.25, 0.3) is 0 Å². The molecule has 0 spiro atoms. The first-order chi connectivity index (χ1) is 10.2. The Morgan fingerprint density at radius 2 is 1.95 bits per heavy atom.